The summed E-state index contributed by atoms with van der Waals surface area (Å²) < 4.78 is 0. The molecule has 1 nitrogen and oxygen atoms in total. The summed E-state index contributed by atoms with van der Waals surface area (Å²) in [5.74, 6) is 0. The van der Waals surface area contributed by atoms with Crippen LogP contribution in [0.25, 0.3) is 0 Å². The summed E-state index contributed by atoms with van der Waals surface area (Å²) in [6.45, 7) is 16.3. The summed E-state index contributed by atoms with van der Waals surface area (Å²) in [4.78, 5) is 0. The number of rotatable bonds is 3. The Labute approximate surface area is 111 Å². The van der Waals surface area contributed by atoms with Crippen LogP contribution in [0.5, 0.6) is 0 Å². The van der Waals surface area contributed by atoms with Crippen molar-refractivity contribution in [1.82, 2.24) is 5.32 Å². The van der Waals surface area contributed by atoms with Crippen LogP contribution >= 0.6 is 0 Å². The highest BCUT2D eigenvalue weighted by Gasteiger charge is 2.33. The molecule has 0 aromatic rings. The molecule has 0 fully saturated rings. The largest absolute Gasteiger partial charge is 0.355 e. The van der Waals surface area contributed by atoms with Gasteiger partial charge in [-0.05, 0) is 37.1 Å². The lowest BCUT2D eigenvalue weighted by atomic mass is 9.72. The smallest absolute Gasteiger partial charge is 0.0422 e. The zero-order chi connectivity index (χ0) is 13.8. The highest BCUT2D eigenvalue weighted by atomic mass is 14.9. The van der Waals surface area contributed by atoms with Gasteiger partial charge in [0.1, 0.15) is 0 Å². The van der Waals surface area contributed by atoms with E-state index in [1.54, 1.807) is 0 Å². The van der Waals surface area contributed by atoms with Gasteiger partial charge in [-0.15, -0.1) is 0 Å². The number of nitrogens with one attached hydrogen (secondary N) is 1. The van der Waals surface area contributed by atoms with E-state index < -0.39 is 0 Å². The first-order valence-corrected chi connectivity index (χ1v) is 6.29. The van der Waals surface area contributed by atoms with Gasteiger partial charge in [0.25, 0.3) is 0 Å². The van der Waals surface area contributed by atoms with Crippen molar-refractivity contribution < 1.29 is 0 Å². The van der Waals surface area contributed by atoms with Gasteiger partial charge in [0.05, 0.1) is 0 Å². The van der Waals surface area contributed by atoms with E-state index in [4.69, 9.17) is 0 Å². The Morgan fingerprint density at radius 3 is 2.28 bits per heavy atom. The van der Waals surface area contributed by atoms with Gasteiger partial charge in [-0.1, -0.05) is 51.3 Å². The van der Waals surface area contributed by atoms with E-state index in [9.17, 15) is 0 Å². The second kappa shape index (κ2) is 5.72. The quantitative estimate of drug-likeness (QED) is 0.758. The molecule has 1 rings (SSSR count). The second-order valence-corrected chi connectivity index (χ2v) is 4.80. The molecule has 18 heavy (non-hydrogen) atoms. The summed E-state index contributed by atoms with van der Waals surface area (Å²) in [7, 11) is 0. The van der Waals surface area contributed by atoms with Crippen molar-refractivity contribution in [2.45, 2.75) is 27.7 Å². The molecule has 1 heteroatoms. The van der Waals surface area contributed by atoms with E-state index in [0.29, 0.717) is 0 Å². The number of hydrogen-bond acceptors (Lipinski definition) is 1. The number of hydrogen-bond donors (Lipinski definition) is 1. The first kappa shape index (κ1) is 14.3. The fourth-order valence-electron chi connectivity index (χ4n) is 2.53. The van der Waals surface area contributed by atoms with Crippen molar-refractivity contribution in [2.75, 3.05) is 0 Å². The fourth-order valence-corrected chi connectivity index (χ4v) is 2.53. The molecule has 0 bridgehead atoms. The molecule has 1 aliphatic heterocycles. The zero-order valence-electron chi connectivity index (χ0n) is 11.9. The summed E-state index contributed by atoms with van der Waals surface area (Å²) >= 11 is 0. The van der Waals surface area contributed by atoms with Crippen molar-refractivity contribution in [2.24, 2.45) is 5.41 Å². The Bertz CT molecular complexity index is 468. The highest BCUT2D eigenvalue weighted by molar-refractivity contribution is 5.54. The molecule has 96 valence electrons. The maximum Gasteiger partial charge on any atom is 0.0422 e. The Morgan fingerprint density at radius 1 is 1.17 bits per heavy atom. The average molecular weight is 241 g/mol. The Morgan fingerprint density at radius 2 is 1.83 bits per heavy atom. The van der Waals surface area contributed by atoms with Gasteiger partial charge in [0.15, 0.2) is 0 Å². The van der Waals surface area contributed by atoms with Crippen molar-refractivity contribution in [3.8, 4) is 0 Å². The third-order valence-corrected chi connectivity index (χ3v) is 3.31. The highest BCUT2D eigenvalue weighted by Crippen LogP contribution is 2.43. The van der Waals surface area contributed by atoms with Crippen LogP contribution in [-0.4, -0.2) is 0 Å². The lowest BCUT2D eigenvalue weighted by Crippen LogP contribution is -2.32. The molecule has 0 unspecified atom stereocenters. The molecule has 0 amide bonds. The van der Waals surface area contributed by atoms with Gasteiger partial charge in [0.2, 0.25) is 0 Å². The van der Waals surface area contributed by atoms with Crippen molar-refractivity contribution in [1.29, 1.82) is 0 Å². The van der Waals surface area contributed by atoms with Crippen molar-refractivity contribution in [3.63, 3.8) is 0 Å². The van der Waals surface area contributed by atoms with Gasteiger partial charge in [-0.3, -0.25) is 0 Å². The van der Waals surface area contributed by atoms with E-state index in [1.165, 1.54) is 11.1 Å². The summed E-state index contributed by atoms with van der Waals surface area (Å²) in [5.41, 5.74) is 4.65. The molecule has 1 N–H and O–H groups in total. The minimum atomic E-state index is -0.0502. The van der Waals surface area contributed by atoms with E-state index in [2.05, 4.69) is 51.4 Å². The predicted molar refractivity (Wildman–Crippen MR) is 81.0 cm³/mol. The average Bonchev–Trinajstić information content (AvgIpc) is 2.29. The fraction of sp³-hybridized carbons (Fsp3) is 0.294. The monoisotopic (exact) mass is 241 g/mol. The maximum atomic E-state index is 3.95. The molecule has 0 spiro atoms. The van der Waals surface area contributed by atoms with Crippen LogP contribution in [0.2, 0.25) is 0 Å². The Kier molecular flexibility index (Phi) is 4.55. The second-order valence-electron chi connectivity index (χ2n) is 4.80. The third kappa shape index (κ3) is 2.40. The first-order chi connectivity index (χ1) is 8.52. The Hall–Kier alpha value is -1.76. The van der Waals surface area contributed by atoms with Gasteiger partial charge >= 0.3 is 0 Å². The molecule has 1 heterocycles. The predicted octanol–water partition coefficient (Wildman–Crippen LogP) is 4.65. The van der Waals surface area contributed by atoms with Crippen LogP contribution in [-0.2, 0) is 0 Å². The van der Waals surface area contributed by atoms with E-state index in [1.807, 2.05) is 31.2 Å². The van der Waals surface area contributed by atoms with Gasteiger partial charge in [0, 0.05) is 16.8 Å². The maximum absolute atomic E-state index is 3.95. The SMILES string of the molecule is C=C/C=C1/NC(/C=C\C)=C(C=C)C(C)(C)/C1=C/C. The zero-order valence-corrected chi connectivity index (χ0v) is 11.9. The van der Waals surface area contributed by atoms with Crippen LogP contribution in [0.3, 0.4) is 0 Å². The van der Waals surface area contributed by atoms with Crippen molar-refractivity contribution in [3.05, 3.63) is 72.2 Å². The molecule has 0 aromatic carbocycles. The summed E-state index contributed by atoms with van der Waals surface area (Å²) in [6, 6.07) is 0. The lowest BCUT2D eigenvalue weighted by Gasteiger charge is -2.38. The lowest BCUT2D eigenvalue weighted by molar-refractivity contribution is 0.525. The Balaban J connectivity index is 3.53. The van der Waals surface area contributed by atoms with E-state index >= 15 is 0 Å². The summed E-state index contributed by atoms with van der Waals surface area (Å²) in [5, 5.41) is 3.46. The molecule has 0 aromatic heterocycles. The molecular weight excluding hydrogens is 218 g/mol. The molecule has 0 atom stereocenters. The standard InChI is InChI=1S/C17H23N/c1-7-11-15-13(9-3)17(5,6)14(10-4)16(18-15)12-8-2/h7-12,18H,1,4H2,2-3,5-6H3/b12-8-,13-9+,15-11+. The topological polar surface area (TPSA) is 12.0 Å². The third-order valence-electron chi connectivity index (χ3n) is 3.31. The molecular formula is C17H23N. The van der Waals surface area contributed by atoms with Crippen LogP contribution in [0.1, 0.15) is 27.7 Å². The number of allylic oxidation sites excluding steroid dienone is 8. The van der Waals surface area contributed by atoms with Gasteiger partial charge in [-0.2, -0.15) is 0 Å². The molecule has 0 saturated carbocycles. The summed E-state index contributed by atoms with van der Waals surface area (Å²) in [6.07, 6.45) is 12.0. The molecule has 0 saturated heterocycles. The van der Waals surface area contributed by atoms with Crippen LogP contribution in [0, 0.1) is 5.41 Å². The normalized spacial score (nSPS) is 23.6. The van der Waals surface area contributed by atoms with E-state index in [-0.39, 0.29) is 5.41 Å². The minimum absolute atomic E-state index is 0.0502. The van der Waals surface area contributed by atoms with Crippen LogP contribution < -0.4 is 5.32 Å². The van der Waals surface area contributed by atoms with Gasteiger partial charge < -0.3 is 5.32 Å². The molecule has 0 aliphatic carbocycles. The molecule has 1 aliphatic rings. The molecule has 0 radical (unpaired) electrons. The van der Waals surface area contributed by atoms with E-state index in [0.717, 1.165) is 11.4 Å². The van der Waals surface area contributed by atoms with Crippen LogP contribution in [0.15, 0.2) is 72.2 Å². The first-order valence-electron chi connectivity index (χ1n) is 6.29. The van der Waals surface area contributed by atoms with Crippen molar-refractivity contribution >= 4 is 0 Å². The van der Waals surface area contributed by atoms with Crippen LogP contribution in [0.4, 0.5) is 0 Å². The minimum Gasteiger partial charge on any atom is -0.355 e. The van der Waals surface area contributed by atoms with Gasteiger partial charge in [-0.25, -0.2) is 0 Å².